The second kappa shape index (κ2) is 7.93. The molecule has 0 bridgehead atoms. The molecule has 1 amide bonds. The van der Waals surface area contributed by atoms with Crippen molar-refractivity contribution in [3.05, 3.63) is 63.8 Å². The van der Waals surface area contributed by atoms with E-state index in [1.807, 2.05) is 37.4 Å². The second-order valence-corrected chi connectivity index (χ2v) is 7.03. The molecular weight excluding hydrogens is 396 g/mol. The molecule has 0 aliphatic carbocycles. The normalized spacial score (nSPS) is 12.3. The van der Waals surface area contributed by atoms with Crippen molar-refractivity contribution < 1.29 is 14.6 Å². The predicted octanol–water partition coefficient (Wildman–Crippen LogP) is 3.75. The number of aromatic amines is 1. The minimum atomic E-state index is -0.556. The molecule has 3 rings (SSSR count). The third-order valence-corrected chi connectivity index (χ3v) is 4.90. The molecule has 6 heteroatoms. The van der Waals surface area contributed by atoms with Gasteiger partial charge in [0, 0.05) is 33.1 Å². The summed E-state index contributed by atoms with van der Waals surface area (Å²) in [5, 5.41) is 11.2. The van der Waals surface area contributed by atoms with Gasteiger partial charge in [0.2, 0.25) is 0 Å². The number of primary amides is 1. The number of nitrogens with two attached hydrogens (primary N) is 1. The van der Waals surface area contributed by atoms with Crippen molar-refractivity contribution in [3.8, 4) is 5.75 Å². The number of fused-ring (bicyclic) bond motifs is 1. The second-order valence-electron chi connectivity index (χ2n) is 6.11. The van der Waals surface area contributed by atoms with Gasteiger partial charge in [-0.1, -0.05) is 34.1 Å². The first kappa shape index (κ1) is 18.5. The summed E-state index contributed by atoms with van der Waals surface area (Å²) in [4.78, 5) is 15.1. The van der Waals surface area contributed by atoms with E-state index in [-0.39, 0.29) is 12.5 Å². The van der Waals surface area contributed by atoms with E-state index in [1.54, 1.807) is 6.07 Å². The van der Waals surface area contributed by atoms with Gasteiger partial charge < -0.3 is 20.6 Å². The molecular formula is C20H21BrN2O3. The predicted molar refractivity (Wildman–Crippen MR) is 106 cm³/mol. The Morgan fingerprint density at radius 3 is 2.81 bits per heavy atom. The van der Waals surface area contributed by atoms with Crippen LogP contribution in [0.3, 0.4) is 0 Å². The Hall–Kier alpha value is -2.31. The molecule has 0 radical (unpaired) electrons. The van der Waals surface area contributed by atoms with E-state index in [9.17, 15) is 9.90 Å². The Bertz CT molecular complexity index is 936. The Labute approximate surface area is 160 Å². The van der Waals surface area contributed by atoms with Gasteiger partial charge in [0.05, 0.1) is 18.8 Å². The van der Waals surface area contributed by atoms with E-state index in [4.69, 9.17) is 10.5 Å². The topological polar surface area (TPSA) is 88.3 Å². The summed E-state index contributed by atoms with van der Waals surface area (Å²) in [6, 6.07) is 11.6. The molecule has 0 unspecified atom stereocenters. The van der Waals surface area contributed by atoms with E-state index in [1.165, 1.54) is 0 Å². The molecule has 0 aliphatic heterocycles. The number of amides is 1. The zero-order valence-corrected chi connectivity index (χ0v) is 16.0. The number of halogens is 1. The fraction of sp³-hybridized carbons (Fsp3) is 0.250. The summed E-state index contributed by atoms with van der Waals surface area (Å²) in [5.74, 6) is -0.340. The highest BCUT2D eigenvalue weighted by atomic mass is 79.9. The third kappa shape index (κ3) is 3.61. The summed E-state index contributed by atoms with van der Waals surface area (Å²) < 4.78 is 6.46. The maximum atomic E-state index is 11.9. The lowest BCUT2D eigenvalue weighted by atomic mass is 9.90. The van der Waals surface area contributed by atoms with Crippen LogP contribution in [-0.4, -0.2) is 29.2 Å². The van der Waals surface area contributed by atoms with Gasteiger partial charge in [-0.2, -0.15) is 0 Å². The first-order valence-corrected chi connectivity index (χ1v) is 9.26. The number of ether oxygens (including phenoxy) is 1. The average Bonchev–Trinajstić information content (AvgIpc) is 3.04. The van der Waals surface area contributed by atoms with Gasteiger partial charge in [-0.3, -0.25) is 4.79 Å². The fourth-order valence-electron chi connectivity index (χ4n) is 3.25. The fourth-order valence-corrected chi connectivity index (χ4v) is 3.72. The Morgan fingerprint density at radius 1 is 1.35 bits per heavy atom. The first-order chi connectivity index (χ1) is 12.5. The summed E-state index contributed by atoms with van der Waals surface area (Å²) in [5.41, 5.74) is 8.76. The summed E-state index contributed by atoms with van der Waals surface area (Å²) in [6.45, 7) is 2.18. The van der Waals surface area contributed by atoms with Crippen LogP contribution in [0.4, 0.5) is 0 Å². The first-order valence-electron chi connectivity index (χ1n) is 8.47. The third-order valence-electron chi connectivity index (χ3n) is 4.44. The molecule has 1 heterocycles. The highest BCUT2D eigenvalue weighted by molar-refractivity contribution is 9.10. The summed E-state index contributed by atoms with van der Waals surface area (Å²) in [7, 11) is 0. The van der Waals surface area contributed by atoms with Gasteiger partial charge in [-0.05, 0) is 37.1 Å². The van der Waals surface area contributed by atoms with Crippen LogP contribution in [0.15, 0.2) is 47.1 Å². The summed E-state index contributed by atoms with van der Waals surface area (Å²) in [6.07, 6.45) is 2.57. The highest BCUT2D eigenvalue weighted by Gasteiger charge is 2.23. The number of hydrogen-bond donors (Lipinski definition) is 3. The SMILES string of the molecule is CCOc1c(C(N)=O)cc(Br)cc1[C@H](CO)Cc1c[nH]c2ccccc12. The average molecular weight is 417 g/mol. The number of rotatable bonds is 7. The van der Waals surface area contributed by atoms with Crippen molar-refractivity contribution in [2.75, 3.05) is 13.2 Å². The molecule has 26 heavy (non-hydrogen) atoms. The lowest BCUT2D eigenvalue weighted by Gasteiger charge is -2.21. The van der Waals surface area contributed by atoms with E-state index in [0.29, 0.717) is 24.3 Å². The largest absolute Gasteiger partial charge is 0.493 e. The maximum absolute atomic E-state index is 11.9. The number of carbonyl (C=O) groups is 1. The number of aromatic nitrogens is 1. The monoisotopic (exact) mass is 416 g/mol. The molecule has 136 valence electrons. The number of aliphatic hydroxyl groups is 1. The molecule has 1 atom stereocenters. The van der Waals surface area contributed by atoms with Gasteiger partial charge >= 0.3 is 0 Å². The van der Waals surface area contributed by atoms with Crippen LogP contribution >= 0.6 is 15.9 Å². The van der Waals surface area contributed by atoms with E-state index in [2.05, 4.69) is 27.0 Å². The van der Waals surface area contributed by atoms with E-state index >= 15 is 0 Å². The Morgan fingerprint density at radius 2 is 2.12 bits per heavy atom. The lowest BCUT2D eigenvalue weighted by molar-refractivity contribution is 0.0996. The van der Waals surface area contributed by atoms with Crippen molar-refractivity contribution in [1.29, 1.82) is 0 Å². The molecule has 5 nitrogen and oxygen atoms in total. The van der Waals surface area contributed by atoms with Gasteiger partial charge in [0.15, 0.2) is 0 Å². The van der Waals surface area contributed by atoms with Crippen LogP contribution in [0, 0.1) is 0 Å². The summed E-state index contributed by atoms with van der Waals surface area (Å²) >= 11 is 3.43. The molecule has 1 aromatic heterocycles. The van der Waals surface area contributed by atoms with Crippen molar-refractivity contribution in [2.24, 2.45) is 5.73 Å². The minimum absolute atomic E-state index is 0.0752. The quantitative estimate of drug-likeness (QED) is 0.547. The molecule has 2 aromatic carbocycles. The zero-order valence-electron chi connectivity index (χ0n) is 14.5. The number of nitrogens with one attached hydrogen (secondary N) is 1. The maximum Gasteiger partial charge on any atom is 0.252 e. The molecule has 0 fully saturated rings. The van der Waals surface area contributed by atoms with Gasteiger partial charge in [0.25, 0.3) is 5.91 Å². The molecule has 4 N–H and O–H groups in total. The molecule has 0 spiro atoms. The number of aliphatic hydroxyl groups excluding tert-OH is 1. The van der Waals surface area contributed by atoms with Crippen molar-refractivity contribution in [1.82, 2.24) is 4.98 Å². The van der Waals surface area contributed by atoms with Crippen LogP contribution in [0.25, 0.3) is 10.9 Å². The van der Waals surface area contributed by atoms with Crippen LogP contribution in [0.5, 0.6) is 5.75 Å². The number of benzene rings is 2. The van der Waals surface area contributed by atoms with Gasteiger partial charge in [-0.25, -0.2) is 0 Å². The van der Waals surface area contributed by atoms with Crippen molar-refractivity contribution in [2.45, 2.75) is 19.3 Å². The Balaban J connectivity index is 2.06. The number of hydrogen-bond acceptors (Lipinski definition) is 3. The van der Waals surface area contributed by atoms with Crippen molar-refractivity contribution >= 4 is 32.7 Å². The number of H-pyrrole nitrogens is 1. The van der Waals surface area contributed by atoms with E-state index < -0.39 is 5.91 Å². The number of para-hydroxylation sites is 1. The van der Waals surface area contributed by atoms with Crippen LogP contribution in [-0.2, 0) is 6.42 Å². The minimum Gasteiger partial charge on any atom is -0.493 e. The lowest BCUT2D eigenvalue weighted by Crippen LogP contribution is -2.17. The smallest absolute Gasteiger partial charge is 0.252 e. The van der Waals surface area contributed by atoms with Crippen LogP contribution in [0.1, 0.15) is 34.3 Å². The van der Waals surface area contributed by atoms with Crippen LogP contribution in [0.2, 0.25) is 0 Å². The van der Waals surface area contributed by atoms with Crippen LogP contribution < -0.4 is 10.5 Å². The van der Waals surface area contributed by atoms with Gasteiger partial charge in [-0.15, -0.1) is 0 Å². The van der Waals surface area contributed by atoms with E-state index in [0.717, 1.165) is 26.5 Å². The Kier molecular flexibility index (Phi) is 5.64. The molecule has 3 aromatic rings. The van der Waals surface area contributed by atoms with Crippen molar-refractivity contribution in [3.63, 3.8) is 0 Å². The zero-order chi connectivity index (χ0) is 18.7. The standard InChI is InChI=1S/C20H21BrN2O3/c1-2-26-19-16(8-14(21)9-17(19)20(22)25)13(11-24)7-12-10-23-18-6-4-3-5-15(12)18/h3-6,8-10,13,23-24H,2,7,11H2,1H3,(H2,22,25)/t13-/m0/s1. The molecule has 0 saturated heterocycles. The number of carbonyl (C=O) groups excluding carboxylic acids is 1. The van der Waals surface area contributed by atoms with Gasteiger partial charge in [0.1, 0.15) is 5.75 Å². The molecule has 0 aliphatic rings. The molecule has 0 saturated carbocycles. The highest BCUT2D eigenvalue weighted by Crippen LogP contribution is 2.36.